The largest absolute Gasteiger partial charge is 0.341 e. The Kier molecular flexibility index (Phi) is 2.77. The molecule has 0 spiro atoms. The second kappa shape index (κ2) is 3.89. The summed E-state index contributed by atoms with van der Waals surface area (Å²) < 4.78 is 0. The third kappa shape index (κ3) is 2.27. The molecule has 0 radical (unpaired) electrons. The van der Waals surface area contributed by atoms with E-state index in [1.807, 2.05) is 11.8 Å². The van der Waals surface area contributed by atoms with E-state index in [1.165, 1.54) is 19.3 Å². The smallest absolute Gasteiger partial charge is 0.222 e. The molecule has 2 fully saturated rings. The van der Waals surface area contributed by atoms with Crippen molar-refractivity contribution in [2.75, 3.05) is 13.1 Å². The second-order valence-corrected chi connectivity index (χ2v) is 4.91. The predicted octanol–water partition coefficient (Wildman–Crippen LogP) is 0.982. The number of amides is 1. The fourth-order valence-electron chi connectivity index (χ4n) is 2.41. The van der Waals surface area contributed by atoms with Gasteiger partial charge in [0.05, 0.1) is 0 Å². The molecular formula is C11H20N2O. The van der Waals surface area contributed by atoms with Crippen LogP contribution >= 0.6 is 0 Å². The molecular weight excluding hydrogens is 176 g/mol. The lowest BCUT2D eigenvalue weighted by molar-refractivity contribution is -0.135. The molecule has 1 aliphatic carbocycles. The minimum absolute atomic E-state index is 0.108. The fraction of sp³-hybridized carbons (Fsp3) is 0.909. The molecule has 2 rings (SSSR count). The van der Waals surface area contributed by atoms with Gasteiger partial charge in [0.15, 0.2) is 0 Å². The minimum atomic E-state index is 0.108. The molecule has 1 aliphatic heterocycles. The number of likely N-dealkylation sites (tertiary alicyclic amines) is 1. The van der Waals surface area contributed by atoms with Gasteiger partial charge in [-0.2, -0.15) is 0 Å². The zero-order valence-corrected chi connectivity index (χ0v) is 8.91. The maximum atomic E-state index is 11.7. The van der Waals surface area contributed by atoms with E-state index >= 15 is 0 Å². The van der Waals surface area contributed by atoms with Crippen LogP contribution in [-0.2, 0) is 4.79 Å². The van der Waals surface area contributed by atoms with Gasteiger partial charge in [0.25, 0.3) is 0 Å². The summed E-state index contributed by atoms with van der Waals surface area (Å²) in [5, 5.41) is 0. The Bertz CT molecular complexity index is 223. The number of hydrogen-bond donors (Lipinski definition) is 1. The van der Waals surface area contributed by atoms with Crippen molar-refractivity contribution in [1.82, 2.24) is 4.90 Å². The Hall–Kier alpha value is -0.570. The lowest BCUT2D eigenvalue weighted by atomic mass is 9.91. The van der Waals surface area contributed by atoms with Crippen molar-refractivity contribution in [3.8, 4) is 0 Å². The van der Waals surface area contributed by atoms with Crippen molar-refractivity contribution in [1.29, 1.82) is 0 Å². The average molecular weight is 196 g/mol. The van der Waals surface area contributed by atoms with E-state index in [0.717, 1.165) is 25.4 Å². The van der Waals surface area contributed by atoms with Gasteiger partial charge < -0.3 is 10.6 Å². The number of piperidine rings is 1. The van der Waals surface area contributed by atoms with Gasteiger partial charge in [-0.05, 0) is 38.0 Å². The molecule has 3 heteroatoms. The average Bonchev–Trinajstić information content (AvgIpc) is 2.90. The van der Waals surface area contributed by atoms with Crippen molar-refractivity contribution in [3.05, 3.63) is 0 Å². The van der Waals surface area contributed by atoms with Crippen LogP contribution in [0.25, 0.3) is 0 Å². The summed E-state index contributed by atoms with van der Waals surface area (Å²) in [6.45, 7) is 3.62. The SMILES string of the molecule is CC(N)CN1CCC(C2CC2)CC1=O. The third-order valence-corrected chi connectivity index (χ3v) is 3.36. The van der Waals surface area contributed by atoms with Crippen LogP contribution in [0.1, 0.15) is 32.6 Å². The number of carbonyl (C=O) groups excluding carboxylic acids is 1. The maximum absolute atomic E-state index is 11.7. The number of nitrogens with zero attached hydrogens (tertiary/aromatic N) is 1. The van der Waals surface area contributed by atoms with Gasteiger partial charge in [-0.1, -0.05) is 0 Å². The Morgan fingerprint density at radius 3 is 2.64 bits per heavy atom. The predicted molar refractivity (Wildman–Crippen MR) is 55.7 cm³/mol. The van der Waals surface area contributed by atoms with Crippen LogP contribution in [0, 0.1) is 11.8 Å². The van der Waals surface area contributed by atoms with Crippen LogP contribution in [0.2, 0.25) is 0 Å². The van der Waals surface area contributed by atoms with Gasteiger partial charge in [-0.25, -0.2) is 0 Å². The summed E-state index contributed by atoms with van der Waals surface area (Å²) in [4.78, 5) is 13.7. The highest BCUT2D eigenvalue weighted by Crippen LogP contribution is 2.41. The van der Waals surface area contributed by atoms with E-state index in [9.17, 15) is 4.79 Å². The second-order valence-electron chi connectivity index (χ2n) is 4.91. The normalized spacial score (nSPS) is 30.6. The first kappa shape index (κ1) is 9.97. The van der Waals surface area contributed by atoms with Crippen LogP contribution in [0.15, 0.2) is 0 Å². The first-order chi connectivity index (χ1) is 6.66. The van der Waals surface area contributed by atoms with E-state index in [2.05, 4.69) is 0 Å². The summed E-state index contributed by atoms with van der Waals surface area (Å²) in [7, 11) is 0. The third-order valence-electron chi connectivity index (χ3n) is 3.36. The molecule has 1 saturated heterocycles. The van der Waals surface area contributed by atoms with Crippen LogP contribution in [-0.4, -0.2) is 29.9 Å². The molecule has 1 saturated carbocycles. The quantitative estimate of drug-likeness (QED) is 0.731. The molecule has 2 aliphatic rings. The topological polar surface area (TPSA) is 46.3 Å². The Balaban J connectivity index is 1.83. The molecule has 0 bridgehead atoms. The molecule has 14 heavy (non-hydrogen) atoms. The van der Waals surface area contributed by atoms with Crippen molar-refractivity contribution in [2.24, 2.45) is 17.6 Å². The molecule has 1 amide bonds. The highest BCUT2D eigenvalue weighted by molar-refractivity contribution is 5.77. The molecule has 3 nitrogen and oxygen atoms in total. The molecule has 80 valence electrons. The van der Waals surface area contributed by atoms with E-state index in [-0.39, 0.29) is 6.04 Å². The first-order valence-corrected chi connectivity index (χ1v) is 5.70. The summed E-state index contributed by atoms with van der Waals surface area (Å²) in [5.41, 5.74) is 5.70. The number of carbonyl (C=O) groups is 1. The molecule has 2 unspecified atom stereocenters. The Morgan fingerprint density at radius 2 is 2.14 bits per heavy atom. The van der Waals surface area contributed by atoms with Gasteiger partial charge in [0.2, 0.25) is 5.91 Å². The van der Waals surface area contributed by atoms with E-state index in [1.54, 1.807) is 0 Å². The van der Waals surface area contributed by atoms with Gasteiger partial charge in [0, 0.05) is 25.6 Å². The molecule has 0 aromatic carbocycles. The van der Waals surface area contributed by atoms with Gasteiger partial charge in [-0.3, -0.25) is 4.79 Å². The highest BCUT2D eigenvalue weighted by Gasteiger charge is 2.36. The number of hydrogen-bond acceptors (Lipinski definition) is 2. The lowest BCUT2D eigenvalue weighted by Crippen LogP contribution is -2.44. The first-order valence-electron chi connectivity index (χ1n) is 5.70. The zero-order valence-electron chi connectivity index (χ0n) is 8.91. The fourth-order valence-corrected chi connectivity index (χ4v) is 2.41. The number of rotatable bonds is 3. The van der Waals surface area contributed by atoms with Crippen LogP contribution in [0.3, 0.4) is 0 Å². The van der Waals surface area contributed by atoms with E-state index < -0.39 is 0 Å². The summed E-state index contributed by atoms with van der Waals surface area (Å²) in [6, 6.07) is 0.108. The van der Waals surface area contributed by atoms with Crippen molar-refractivity contribution >= 4 is 5.91 Å². The van der Waals surface area contributed by atoms with Crippen molar-refractivity contribution in [2.45, 2.75) is 38.6 Å². The van der Waals surface area contributed by atoms with Gasteiger partial charge in [0.1, 0.15) is 0 Å². The number of nitrogens with two attached hydrogens (primary N) is 1. The van der Waals surface area contributed by atoms with Crippen LogP contribution < -0.4 is 5.73 Å². The molecule has 2 N–H and O–H groups in total. The molecule has 0 aromatic heterocycles. The van der Waals surface area contributed by atoms with Crippen LogP contribution in [0.4, 0.5) is 0 Å². The summed E-state index contributed by atoms with van der Waals surface area (Å²) in [6.07, 6.45) is 4.68. The molecule has 2 atom stereocenters. The van der Waals surface area contributed by atoms with E-state index in [0.29, 0.717) is 11.8 Å². The summed E-state index contributed by atoms with van der Waals surface area (Å²) >= 11 is 0. The maximum Gasteiger partial charge on any atom is 0.222 e. The zero-order chi connectivity index (χ0) is 10.1. The monoisotopic (exact) mass is 196 g/mol. The van der Waals surface area contributed by atoms with Gasteiger partial charge >= 0.3 is 0 Å². The van der Waals surface area contributed by atoms with Crippen molar-refractivity contribution in [3.63, 3.8) is 0 Å². The van der Waals surface area contributed by atoms with Gasteiger partial charge in [-0.15, -0.1) is 0 Å². The highest BCUT2D eigenvalue weighted by atomic mass is 16.2. The lowest BCUT2D eigenvalue weighted by Gasteiger charge is -2.32. The van der Waals surface area contributed by atoms with Crippen molar-refractivity contribution < 1.29 is 4.79 Å². The van der Waals surface area contributed by atoms with Crippen LogP contribution in [0.5, 0.6) is 0 Å². The Labute approximate surface area is 85.6 Å². The minimum Gasteiger partial charge on any atom is -0.341 e. The Morgan fingerprint density at radius 1 is 1.43 bits per heavy atom. The molecule has 0 aromatic rings. The summed E-state index contributed by atoms with van der Waals surface area (Å²) in [5.74, 6) is 1.88. The van der Waals surface area contributed by atoms with E-state index in [4.69, 9.17) is 5.73 Å². The standard InChI is InChI=1S/C11H20N2O/c1-8(12)7-13-5-4-10(6-11(13)14)9-2-3-9/h8-10H,2-7,12H2,1H3. The molecule has 1 heterocycles.